The molecule has 0 unspecified atom stereocenters. The molecule has 1 rings (SSSR count). The number of aliphatic hydroxyl groups is 1. The van der Waals surface area contributed by atoms with Gasteiger partial charge in [0.25, 0.3) is 0 Å². The van der Waals surface area contributed by atoms with Crippen LogP contribution in [0.2, 0.25) is 0 Å². The van der Waals surface area contributed by atoms with Gasteiger partial charge in [0.05, 0.1) is 0 Å². The lowest BCUT2D eigenvalue weighted by atomic mass is 9.93. The fraction of sp³-hybridized carbons (Fsp3) is 0.500. The van der Waals surface area contributed by atoms with Crippen LogP contribution in [0.3, 0.4) is 0 Å². The van der Waals surface area contributed by atoms with Crippen molar-refractivity contribution in [1.29, 1.82) is 0 Å². The molecule has 1 aliphatic rings. The van der Waals surface area contributed by atoms with Gasteiger partial charge in [-0.15, -0.1) is 0 Å². The van der Waals surface area contributed by atoms with Crippen LogP contribution in [0.4, 0.5) is 0 Å². The summed E-state index contributed by atoms with van der Waals surface area (Å²) < 4.78 is 0. The summed E-state index contributed by atoms with van der Waals surface area (Å²) in [5, 5.41) is 9.41. The summed E-state index contributed by atoms with van der Waals surface area (Å²) in [7, 11) is 0. The largest absolute Gasteiger partial charge is 0.504 e. The maximum absolute atomic E-state index is 11.5. The number of hydrogen-bond donors (Lipinski definition) is 1. The number of ketones is 2. The van der Waals surface area contributed by atoms with Gasteiger partial charge in [0.2, 0.25) is 5.78 Å². The smallest absolute Gasteiger partial charge is 0.223 e. The molecule has 3 heteroatoms. The molecule has 15 heavy (non-hydrogen) atoms. The molecule has 0 fully saturated rings. The van der Waals surface area contributed by atoms with Crippen molar-refractivity contribution in [2.24, 2.45) is 0 Å². The highest BCUT2D eigenvalue weighted by Gasteiger charge is 2.24. The Morgan fingerprint density at radius 1 is 1.27 bits per heavy atom. The number of rotatable bonds is 4. The molecule has 0 heterocycles. The minimum atomic E-state index is -0.386. The Hall–Kier alpha value is -1.38. The molecular formula is C12H16O3. The summed E-state index contributed by atoms with van der Waals surface area (Å²) in [6.07, 6.45) is 4.91. The molecule has 0 radical (unpaired) electrons. The first-order valence-electron chi connectivity index (χ1n) is 5.27. The molecule has 0 aromatic heterocycles. The van der Waals surface area contributed by atoms with Gasteiger partial charge in [-0.05, 0) is 25.8 Å². The van der Waals surface area contributed by atoms with Crippen molar-refractivity contribution >= 4 is 11.6 Å². The van der Waals surface area contributed by atoms with E-state index in [1.807, 2.05) is 0 Å². The van der Waals surface area contributed by atoms with Crippen LogP contribution >= 0.6 is 0 Å². The predicted molar refractivity (Wildman–Crippen MR) is 57.6 cm³/mol. The second-order valence-corrected chi connectivity index (χ2v) is 3.79. The standard InChI is InChI=1S/C12H16O3/c1-3-4-5-6-9-7-10(13)8(2)11(14)12(9)15/h7,14H,3-6H2,1-2H3. The lowest BCUT2D eigenvalue weighted by molar-refractivity contribution is -0.118. The third-order valence-electron chi connectivity index (χ3n) is 2.59. The summed E-state index contributed by atoms with van der Waals surface area (Å²) in [5.74, 6) is -1.02. The molecule has 0 aromatic rings. The van der Waals surface area contributed by atoms with Gasteiger partial charge in [0.1, 0.15) is 0 Å². The summed E-state index contributed by atoms with van der Waals surface area (Å²) in [4.78, 5) is 22.9. The van der Waals surface area contributed by atoms with Crippen LogP contribution in [0.25, 0.3) is 0 Å². The molecule has 1 aliphatic carbocycles. The number of carbonyl (C=O) groups is 2. The summed E-state index contributed by atoms with van der Waals surface area (Å²) in [5.41, 5.74) is 0.593. The van der Waals surface area contributed by atoms with E-state index in [2.05, 4.69) is 6.92 Å². The third-order valence-corrected chi connectivity index (χ3v) is 2.59. The van der Waals surface area contributed by atoms with Crippen molar-refractivity contribution in [3.63, 3.8) is 0 Å². The quantitative estimate of drug-likeness (QED) is 0.570. The Kier molecular flexibility index (Phi) is 3.83. The lowest BCUT2D eigenvalue weighted by Crippen LogP contribution is -2.17. The van der Waals surface area contributed by atoms with E-state index in [4.69, 9.17) is 0 Å². The topological polar surface area (TPSA) is 54.4 Å². The normalized spacial score (nSPS) is 17.1. The van der Waals surface area contributed by atoms with Crippen molar-refractivity contribution in [3.05, 3.63) is 23.0 Å². The number of aliphatic hydroxyl groups excluding tert-OH is 1. The van der Waals surface area contributed by atoms with E-state index in [0.717, 1.165) is 19.3 Å². The fourth-order valence-corrected chi connectivity index (χ4v) is 1.52. The highest BCUT2D eigenvalue weighted by molar-refractivity contribution is 6.21. The SMILES string of the molecule is CCCCCC1=CC(=O)C(C)=C(O)C1=O. The Morgan fingerprint density at radius 2 is 1.93 bits per heavy atom. The number of hydrogen-bond acceptors (Lipinski definition) is 3. The van der Waals surface area contributed by atoms with E-state index >= 15 is 0 Å². The van der Waals surface area contributed by atoms with E-state index < -0.39 is 0 Å². The molecule has 0 aromatic carbocycles. The first-order valence-corrected chi connectivity index (χ1v) is 5.27. The fourth-order valence-electron chi connectivity index (χ4n) is 1.52. The number of allylic oxidation sites excluding steroid dienone is 3. The predicted octanol–water partition coefficient (Wildman–Crippen LogP) is 2.48. The molecule has 0 amide bonds. The van der Waals surface area contributed by atoms with E-state index in [0.29, 0.717) is 12.0 Å². The summed E-state index contributed by atoms with van der Waals surface area (Å²) >= 11 is 0. The van der Waals surface area contributed by atoms with Crippen LogP contribution in [0.5, 0.6) is 0 Å². The van der Waals surface area contributed by atoms with Crippen LogP contribution in [-0.2, 0) is 9.59 Å². The Bertz CT molecular complexity index is 348. The van der Waals surface area contributed by atoms with Crippen LogP contribution in [-0.4, -0.2) is 16.7 Å². The lowest BCUT2D eigenvalue weighted by Gasteiger charge is -2.12. The van der Waals surface area contributed by atoms with E-state index in [1.165, 1.54) is 13.0 Å². The minimum absolute atomic E-state index is 0.152. The Balaban J connectivity index is 2.72. The second-order valence-electron chi connectivity index (χ2n) is 3.79. The van der Waals surface area contributed by atoms with Gasteiger partial charge < -0.3 is 5.11 Å². The maximum Gasteiger partial charge on any atom is 0.223 e. The zero-order valence-electron chi connectivity index (χ0n) is 9.17. The highest BCUT2D eigenvalue weighted by Crippen LogP contribution is 2.21. The van der Waals surface area contributed by atoms with Gasteiger partial charge in [0.15, 0.2) is 11.5 Å². The molecule has 0 spiro atoms. The van der Waals surface area contributed by atoms with Gasteiger partial charge in [-0.2, -0.15) is 0 Å². The van der Waals surface area contributed by atoms with Crippen molar-refractivity contribution in [2.75, 3.05) is 0 Å². The maximum atomic E-state index is 11.5. The van der Waals surface area contributed by atoms with Crippen LogP contribution < -0.4 is 0 Å². The summed E-state index contributed by atoms with van der Waals surface area (Å²) in [6.45, 7) is 3.54. The van der Waals surface area contributed by atoms with Gasteiger partial charge in [-0.1, -0.05) is 19.8 Å². The molecule has 0 atom stereocenters. The van der Waals surface area contributed by atoms with Crippen molar-refractivity contribution in [3.8, 4) is 0 Å². The number of carbonyl (C=O) groups excluding carboxylic acids is 2. The Labute approximate surface area is 89.5 Å². The van der Waals surface area contributed by atoms with Gasteiger partial charge >= 0.3 is 0 Å². The first kappa shape index (κ1) is 11.7. The van der Waals surface area contributed by atoms with Gasteiger partial charge in [0, 0.05) is 11.1 Å². The molecule has 82 valence electrons. The molecule has 0 aliphatic heterocycles. The van der Waals surface area contributed by atoms with Gasteiger partial charge in [-0.3, -0.25) is 9.59 Å². The Morgan fingerprint density at radius 3 is 2.53 bits per heavy atom. The number of Topliss-reactive ketones (excluding diaryl/α,β-unsaturated/α-hetero) is 1. The monoisotopic (exact) mass is 208 g/mol. The molecule has 1 N–H and O–H groups in total. The van der Waals surface area contributed by atoms with Crippen LogP contribution in [0, 0.1) is 0 Å². The van der Waals surface area contributed by atoms with Crippen LogP contribution in [0.15, 0.2) is 23.0 Å². The third kappa shape index (κ3) is 2.55. The van der Waals surface area contributed by atoms with E-state index in [-0.39, 0.29) is 22.9 Å². The molecule has 0 bridgehead atoms. The second kappa shape index (κ2) is 4.91. The van der Waals surface area contributed by atoms with Crippen molar-refractivity contribution in [1.82, 2.24) is 0 Å². The zero-order chi connectivity index (χ0) is 11.4. The molecular weight excluding hydrogens is 192 g/mol. The first-order chi connectivity index (χ1) is 7.07. The molecule has 0 saturated carbocycles. The van der Waals surface area contributed by atoms with Crippen molar-refractivity contribution < 1.29 is 14.7 Å². The van der Waals surface area contributed by atoms with Crippen LogP contribution in [0.1, 0.15) is 39.5 Å². The summed E-state index contributed by atoms with van der Waals surface area (Å²) in [6, 6.07) is 0. The number of unbranched alkanes of at least 4 members (excludes halogenated alkanes) is 2. The highest BCUT2D eigenvalue weighted by atomic mass is 16.3. The van der Waals surface area contributed by atoms with Gasteiger partial charge in [-0.25, -0.2) is 0 Å². The average Bonchev–Trinajstić information content (AvgIpc) is 2.23. The van der Waals surface area contributed by atoms with Crippen molar-refractivity contribution in [2.45, 2.75) is 39.5 Å². The molecule has 0 saturated heterocycles. The minimum Gasteiger partial charge on any atom is -0.504 e. The average molecular weight is 208 g/mol. The molecule has 3 nitrogen and oxygen atoms in total. The van der Waals surface area contributed by atoms with E-state index in [9.17, 15) is 14.7 Å². The van der Waals surface area contributed by atoms with E-state index in [1.54, 1.807) is 0 Å². The zero-order valence-corrected chi connectivity index (χ0v) is 9.17.